The van der Waals surface area contributed by atoms with E-state index in [0.29, 0.717) is 0 Å². The molecule has 0 atom stereocenters. The number of allylic oxidation sites excluding steroid dienone is 2. The van der Waals surface area contributed by atoms with Crippen LogP contribution >= 0.6 is 22.7 Å². The lowest BCUT2D eigenvalue weighted by molar-refractivity contribution is 1.46. The van der Waals surface area contributed by atoms with Gasteiger partial charge in [-0.05, 0) is 68.1 Å². The molecule has 2 aromatic heterocycles. The highest BCUT2D eigenvalue weighted by atomic mass is 32.1. The fraction of sp³-hybridized carbons (Fsp3) is 0.0455. The van der Waals surface area contributed by atoms with Gasteiger partial charge >= 0.3 is 0 Å². The Balaban J connectivity index is 1.36. The summed E-state index contributed by atoms with van der Waals surface area (Å²) in [6.07, 6.45) is 0. The molecular weight excluding hydrogens is 649 g/mol. The highest BCUT2D eigenvalue weighted by molar-refractivity contribution is 7.22. The van der Waals surface area contributed by atoms with E-state index >= 15 is 0 Å². The summed E-state index contributed by atoms with van der Waals surface area (Å²) >= 11 is 3.56. The normalized spacial score (nSPS) is 14.3. The highest BCUT2D eigenvalue weighted by Gasteiger charge is 2.45. The summed E-state index contributed by atoms with van der Waals surface area (Å²) in [6.45, 7) is 5.08. The van der Waals surface area contributed by atoms with E-state index in [1.54, 1.807) is 22.7 Å². The zero-order chi connectivity index (χ0) is 33.0. The predicted molar refractivity (Wildman–Crippen MR) is 214 cm³/mol. The summed E-state index contributed by atoms with van der Waals surface area (Å²) in [7, 11) is -2.47. The first-order chi connectivity index (χ1) is 24.1. The average Bonchev–Trinajstić information content (AvgIpc) is 3.84. The zero-order valence-electron chi connectivity index (χ0n) is 27.2. The molecule has 0 N–H and O–H groups in total. The van der Waals surface area contributed by atoms with Crippen LogP contribution in [0.4, 0.5) is 0 Å². The van der Waals surface area contributed by atoms with Crippen LogP contribution in [0.15, 0.2) is 158 Å². The van der Waals surface area contributed by atoms with Crippen molar-refractivity contribution in [2.75, 3.05) is 0 Å². The number of hydrogen-bond donors (Lipinski definition) is 0. The van der Waals surface area contributed by atoms with Gasteiger partial charge in [0.1, 0.15) is 18.1 Å². The largest absolute Gasteiger partial charge is 0.236 e. The van der Waals surface area contributed by atoms with Crippen LogP contribution in [0.1, 0.15) is 22.3 Å². The first-order valence-corrected chi connectivity index (χ1v) is 21.2. The average molecular weight is 681 g/mol. The van der Waals surface area contributed by atoms with E-state index in [1.165, 1.54) is 64.3 Å². The molecule has 8 aromatic rings. The molecule has 49 heavy (non-hydrogen) atoms. The van der Waals surface area contributed by atoms with Crippen LogP contribution in [-0.4, -0.2) is 18.0 Å². The molecular formula is C44H32N2S2Si. The Morgan fingerprint density at radius 2 is 0.735 bits per heavy atom. The van der Waals surface area contributed by atoms with E-state index in [-0.39, 0.29) is 0 Å². The molecule has 1 aliphatic heterocycles. The Labute approximate surface area is 295 Å². The van der Waals surface area contributed by atoms with Crippen LogP contribution < -0.4 is 0 Å². The molecule has 5 heteroatoms. The highest BCUT2D eigenvalue weighted by Crippen LogP contribution is 2.58. The van der Waals surface area contributed by atoms with Crippen LogP contribution in [0.3, 0.4) is 0 Å². The summed E-state index contributed by atoms with van der Waals surface area (Å²) in [6, 6.07) is 56.9. The SMILES string of the molecule is C[Si]1(C)C(c2ccccc2-c2nc3ccccc3s2)=C(c2ccccc2)C(c2ccccc2)=C1c1ccccc1-c1nc2ccccc2s1. The molecule has 0 spiro atoms. The molecule has 0 fully saturated rings. The van der Waals surface area contributed by atoms with Gasteiger partial charge in [-0.15, -0.1) is 22.7 Å². The fourth-order valence-electron chi connectivity index (χ4n) is 7.48. The minimum Gasteiger partial charge on any atom is -0.236 e. The molecule has 0 unspecified atom stereocenters. The minimum atomic E-state index is -2.47. The van der Waals surface area contributed by atoms with Crippen LogP contribution in [0.25, 0.3) is 63.1 Å². The van der Waals surface area contributed by atoms with Crippen molar-refractivity contribution in [2.45, 2.75) is 13.1 Å². The summed E-state index contributed by atoms with van der Waals surface area (Å²) in [4.78, 5) is 10.4. The lowest BCUT2D eigenvalue weighted by atomic mass is 9.88. The third-order valence-corrected chi connectivity index (χ3v) is 15.2. The molecule has 0 aliphatic carbocycles. The van der Waals surface area contributed by atoms with Crippen LogP contribution in [0.2, 0.25) is 13.1 Å². The first-order valence-electron chi connectivity index (χ1n) is 16.6. The number of hydrogen-bond acceptors (Lipinski definition) is 4. The Bertz CT molecular complexity index is 2330. The second-order valence-corrected chi connectivity index (χ2v) is 19.2. The van der Waals surface area contributed by atoms with Crippen LogP contribution in [0.5, 0.6) is 0 Å². The van der Waals surface area contributed by atoms with Gasteiger partial charge < -0.3 is 0 Å². The van der Waals surface area contributed by atoms with Crippen molar-refractivity contribution in [3.8, 4) is 21.1 Å². The quantitative estimate of drug-likeness (QED) is 0.163. The lowest BCUT2D eigenvalue weighted by Gasteiger charge is -2.28. The molecule has 0 amide bonds. The maximum Gasteiger partial charge on any atom is 0.125 e. The van der Waals surface area contributed by atoms with Gasteiger partial charge in [-0.2, -0.15) is 0 Å². The van der Waals surface area contributed by atoms with Crippen molar-refractivity contribution in [2.24, 2.45) is 0 Å². The topological polar surface area (TPSA) is 25.8 Å². The molecule has 0 radical (unpaired) electrons. The second-order valence-electron chi connectivity index (χ2n) is 12.9. The third-order valence-electron chi connectivity index (χ3n) is 9.57. The van der Waals surface area contributed by atoms with Gasteiger partial charge in [0.2, 0.25) is 0 Å². The van der Waals surface area contributed by atoms with Gasteiger partial charge in [0, 0.05) is 11.1 Å². The Hall–Kier alpha value is -5.20. The van der Waals surface area contributed by atoms with Gasteiger partial charge in [-0.3, -0.25) is 0 Å². The summed E-state index contributed by atoms with van der Waals surface area (Å²) in [5.74, 6) is 0. The lowest BCUT2D eigenvalue weighted by Crippen LogP contribution is -2.29. The van der Waals surface area contributed by atoms with Crippen molar-refractivity contribution in [1.82, 2.24) is 9.97 Å². The van der Waals surface area contributed by atoms with Crippen molar-refractivity contribution in [1.29, 1.82) is 0 Å². The molecule has 6 aromatic carbocycles. The monoisotopic (exact) mass is 680 g/mol. The van der Waals surface area contributed by atoms with E-state index in [4.69, 9.17) is 9.97 Å². The molecule has 0 saturated heterocycles. The van der Waals surface area contributed by atoms with Gasteiger partial charge in [0.25, 0.3) is 0 Å². The predicted octanol–water partition coefficient (Wildman–Crippen LogP) is 12.6. The Morgan fingerprint density at radius 3 is 1.14 bits per heavy atom. The molecule has 0 bridgehead atoms. The van der Waals surface area contributed by atoms with Crippen LogP contribution in [-0.2, 0) is 0 Å². The molecule has 0 saturated carbocycles. The molecule has 234 valence electrons. The van der Waals surface area contributed by atoms with Crippen molar-refractivity contribution in [3.63, 3.8) is 0 Å². The number of rotatable bonds is 6. The van der Waals surface area contributed by atoms with Crippen molar-refractivity contribution in [3.05, 3.63) is 180 Å². The number of fused-ring (bicyclic) bond motifs is 2. The van der Waals surface area contributed by atoms with Crippen molar-refractivity contribution < 1.29 is 0 Å². The number of thiazole rings is 2. The summed E-state index contributed by atoms with van der Waals surface area (Å²) in [5.41, 5.74) is 12.2. The van der Waals surface area contributed by atoms with Crippen molar-refractivity contribution >= 4 is 72.7 Å². The molecule has 9 rings (SSSR count). The van der Waals surface area contributed by atoms with Gasteiger partial charge in [0.15, 0.2) is 0 Å². The fourth-order valence-corrected chi connectivity index (χ4v) is 13.3. The van der Waals surface area contributed by atoms with Gasteiger partial charge in [0.05, 0.1) is 20.4 Å². The third kappa shape index (κ3) is 5.05. The molecule has 2 nitrogen and oxygen atoms in total. The van der Waals surface area contributed by atoms with E-state index in [9.17, 15) is 0 Å². The second kappa shape index (κ2) is 12.0. The number of nitrogens with zero attached hydrogens (tertiary/aromatic N) is 2. The molecule has 3 heterocycles. The smallest absolute Gasteiger partial charge is 0.125 e. The minimum absolute atomic E-state index is 1.05. The first kappa shape index (κ1) is 29.9. The molecule has 1 aliphatic rings. The Morgan fingerprint density at radius 1 is 0.388 bits per heavy atom. The number of aromatic nitrogens is 2. The number of benzene rings is 6. The maximum atomic E-state index is 5.18. The standard InChI is InChI=1S/C44H32N2S2Si/c1-49(2)41(31-21-9-11-23-33(31)43-45-35-25-13-15-27-37(35)47-43)39(29-17-5-3-6-18-29)40(30-19-7-4-8-20-30)42(49)32-22-10-12-24-34(32)44-46-36-26-14-16-28-38(36)48-44/h3-28H,1-2H3. The van der Waals surface area contributed by atoms with E-state index in [0.717, 1.165) is 21.0 Å². The summed E-state index contributed by atoms with van der Waals surface area (Å²) in [5, 5.41) is 5.01. The van der Waals surface area contributed by atoms with E-state index < -0.39 is 8.07 Å². The Kier molecular flexibility index (Phi) is 7.35. The van der Waals surface area contributed by atoms with Gasteiger partial charge in [-0.1, -0.05) is 147 Å². The van der Waals surface area contributed by atoms with Gasteiger partial charge in [-0.25, -0.2) is 9.97 Å². The number of para-hydroxylation sites is 2. The van der Waals surface area contributed by atoms with E-state index in [2.05, 4.69) is 171 Å². The summed E-state index contributed by atoms with van der Waals surface area (Å²) < 4.78 is 2.42. The maximum absolute atomic E-state index is 5.18. The zero-order valence-corrected chi connectivity index (χ0v) is 29.9. The van der Waals surface area contributed by atoms with Crippen LogP contribution in [0, 0.1) is 0 Å². The van der Waals surface area contributed by atoms with E-state index in [1.807, 2.05) is 0 Å².